The van der Waals surface area contributed by atoms with Crippen molar-refractivity contribution in [1.29, 1.82) is 0 Å². The maximum atomic E-state index is 11.5. The summed E-state index contributed by atoms with van der Waals surface area (Å²) >= 11 is 0. The summed E-state index contributed by atoms with van der Waals surface area (Å²) in [5.41, 5.74) is -0.648. The minimum atomic E-state index is -4.29. The smallest absolute Gasteiger partial charge is 0.297 e. The van der Waals surface area contributed by atoms with Crippen LogP contribution in [0.15, 0.2) is 21.6 Å². The highest BCUT2D eigenvalue weighted by Crippen LogP contribution is 2.13. The van der Waals surface area contributed by atoms with Crippen molar-refractivity contribution in [2.45, 2.75) is 31.2 Å². The summed E-state index contributed by atoms with van der Waals surface area (Å²) in [7, 11) is -4.29. The van der Waals surface area contributed by atoms with E-state index < -0.39 is 15.7 Å². The van der Waals surface area contributed by atoms with Gasteiger partial charge in [-0.05, 0) is 0 Å². The molecule has 1 aromatic heterocycles. The zero-order valence-corrected chi connectivity index (χ0v) is 9.98. The molecule has 16 heavy (non-hydrogen) atoms. The Kier molecular flexibility index (Phi) is 3.11. The molecule has 0 saturated carbocycles. The van der Waals surface area contributed by atoms with Crippen molar-refractivity contribution in [3.8, 4) is 0 Å². The monoisotopic (exact) mass is 247 g/mol. The predicted octanol–water partition coefficient (Wildman–Crippen LogP) is 1.25. The summed E-state index contributed by atoms with van der Waals surface area (Å²) in [4.78, 5) is -0.374. The molecule has 0 atom stereocenters. The lowest BCUT2D eigenvalue weighted by atomic mass is 10.1. The lowest BCUT2D eigenvalue weighted by Crippen LogP contribution is -2.29. The largest absolute Gasteiger partial charge is 0.623 e. The van der Waals surface area contributed by atoms with Crippen molar-refractivity contribution >= 4 is 16.3 Å². The van der Waals surface area contributed by atoms with Crippen LogP contribution in [0.2, 0.25) is 0 Å². The van der Waals surface area contributed by atoms with Gasteiger partial charge in [-0.2, -0.15) is 8.42 Å². The molecular weight excluding hydrogens is 234 g/mol. The van der Waals surface area contributed by atoms with Crippen LogP contribution in [0.3, 0.4) is 0 Å². The second kappa shape index (κ2) is 3.91. The van der Waals surface area contributed by atoms with Crippen molar-refractivity contribution in [1.82, 2.24) is 0 Å². The summed E-state index contributed by atoms with van der Waals surface area (Å²) in [5.74, 6) is 0.0672. The third-order valence-electron chi connectivity index (χ3n) is 1.80. The molecule has 6 nitrogen and oxygen atoms in total. The zero-order valence-electron chi connectivity index (χ0n) is 9.17. The lowest BCUT2D eigenvalue weighted by Gasteiger charge is -2.17. The van der Waals surface area contributed by atoms with E-state index in [-0.39, 0.29) is 10.7 Å². The van der Waals surface area contributed by atoms with Crippen LogP contribution in [0.4, 0.5) is 0 Å². The Morgan fingerprint density at radius 1 is 1.50 bits per heavy atom. The van der Waals surface area contributed by atoms with Crippen LogP contribution in [0.5, 0.6) is 0 Å². The van der Waals surface area contributed by atoms with Gasteiger partial charge in [0.25, 0.3) is 10.1 Å². The summed E-state index contributed by atoms with van der Waals surface area (Å²) in [5, 5.41) is 11.5. The molecule has 1 N–H and O–H groups in total. The Morgan fingerprint density at radius 3 is 2.44 bits per heavy atom. The van der Waals surface area contributed by atoms with Gasteiger partial charge in [-0.3, -0.25) is 4.55 Å². The maximum absolute atomic E-state index is 11.5. The predicted molar refractivity (Wildman–Crippen MR) is 57.1 cm³/mol. The van der Waals surface area contributed by atoms with Crippen LogP contribution in [0.1, 0.15) is 26.5 Å². The first-order valence-electron chi connectivity index (χ1n) is 4.48. The van der Waals surface area contributed by atoms with Crippen LogP contribution >= 0.6 is 0 Å². The molecule has 0 aliphatic rings. The molecule has 0 aromatic carbocycles. The molecule has 1 rings (SSSR count). The van der Waals surface area contributed by atoms with Crippen LogP contribution in [0, 0.1) is 5.21 Å². The van der Waals surface area contributed by atoms with E-state index in [1.165, 1.54) is 0 Å². The van der Waals surface area contributed by atoms with E-state index >= 15 is 0 Å². The van der Waals surface area contributed by atoms with E-state index in [0.29, 0.717) is 4.74 Å². The van der Waals surface area contributed by atoms with E-state index in [2.05, 4.69) is 0 Å². The summed E-state index contributed by atoms with van der Waals surface area (Å²) in [6, 6.07) is 1.08. The zero-order chi connectivity index (χ0) is 12.6. The van der Waals surface area contributed by atoms with E-state index in [1.54, 1.807) is 20.8 Å². The Morgan fingerprint density at radius 2 is 2.06 bits per heavy atom. The summed E-state index contributed by atoms with van der Waals surface area (Å²) < 4.78 is 35.6. The van der Waals surface area contributed by atoms with Crippen molar-refractivity contribution in [2.24, 2.45) is 0 Å². The SMILES string of the molecule is CC(C)(C)[N+]([O-])=Cc1cc(S(=O)(=O)O)co1. The number of hydrogen-bond acceptors (Lipinski definition) is 4. The third kappa shape index (κ3) is 3.07. The molecule has 0 amide bonds. The fourth-order valence-corrected chi connectivity index (χ4v) is 1.28. The second-order valence-electron chi connectivity index (χ2n) is 4.29. The first-order valence-corrected chi connectivity index (χ1v) is 5.92. The van der Waals surface area contributed by atoms with Gasteiger partial charge in [-0.15, -0.1) is 0 Å². The van der Waals surface area contributed by atoms with Crippen molar-refractivity contribution < 1.29 is 22.1 Å². The van der Waals surface area contributed by atoms with Gasteiger partial charge in [-0.25, -0.2) is 4.74 Å². The van der Waals surface area contributed by atoms with E-state index in [9.17, 15) is 13.6 Å². The molecule has 0 radical (unpaired) electrons. The minimum absolute atomic E-state index is 0.0672. The fraction of sp³-hybridized carbons (Fsp3) is 0.444. The van der Waals surface area contributed by atoms with Gasteiger partial charge in [0.15, 0.2) is 11.3 Å². The average Bonchev–Trinajstić information content (AvgIpc) is 2.49. The topological polar surface area (TPSA) is 93.6 Å². The van der Waals surface area contributed by atoms with Gasteiger partial charge in [0.1, 0.15) is 11.2 Å². The number of hydrogen-bond donors (Lipinski definition) is 1. The van der Waals surface area contributed by atoms with Crippen molar-refractivity contribution in [2.75, 3.05) is 0 Å². The summed E-state index contributed by atoms with van der Waals surface area (Å²) in [6.45, 7) is 5.09. The van der Waals surface area contributed by atoms with Gasteiger partial charge >= 0.3 is 0 Å². The van der Waals surface area contributed by atoms with Crippen LogP contribution < -0.4 is 0 Å². The standard InChI is InChI=1S/C9H13NO5S/c1-9(2,3)10(11)5-7-4-8(6-15-7)16(12,13)14/h4-6H,1-3H3,(H,12,13,14). The minimum Gasteiger partial charge on any atom is -0.623 e. The number of nitrogens with zero attached hydrogens (tertiary/aromatic N) is 1. The van der Waals surface area contributed by atoms with Crippen LogP contribution in [-0.2, 0) is 10.1 Å². The number of rotatable bonds is 2. The fourth-order valence-electron chi connectivity index (χ4n) is 0.847. The Balaban J connectivity index is 3.06. The van der Waals surface area contributed by atoms with Crippen molar-refractivity contribution in [3.05, 3.63) is 23.3 Å². The molecule has 0 aliphatic heterocycles. The lowest BCUT2D eigenvalue weighted by molar-refractivity contribution is -0.530. The second-order valence-corrected chi connectivity index (χ2v) is 5.71. The van der Waals surface area contributed by atoms with Gasteiger partial charge in [-0.1, -0.05) is 0 Å². The number of furan rings is 1. The third-order valence-corrected chi connectivity index (χ3v) is 2.61. The van der Waals surface area contributed by atoms with Crippen LogP contribution in [0.25, 0.3) is 0 Å². The van der Waals surface area contributed by atoms with E-state index in [4.69, 9.17) is 8.97 Å². The van der Waals surface area contributed by atoms with Gasteiger partial charge in [0.05, 0.1) is 0 Å². The molecule has 1 heterocycles. The highest BCUT2D eigenvalue weighted by molar-refractivity contribution is 7.85. The first-order chi connectivity index (χ1) is 7.10. The van der Waals surface area contributed by atoms with Crippen molar-refractivity contribution in [3.63, 3.8) is 0 Å². The van der Waals surface area contributed by atoms with E-state index in [0.717, 1.165) is 18.5 Å². The Hall–Kier alpha value is -1.34. The molecule has 0 spiro atoms. The van der Waals surface area contributed by atoms with E-state index in [1.807, 2.05) is 0 Å². The number of hydroxylamine groups is 1. The Labute approximate surface area is 93.5 Å². The quantitative estimate of drug-likeness (QED) is 0.279. The van der Waals surface area contributed by atoms with Crippen LogP contribution in [-0.4, -0.2) is 29.5 Å². The molecule has 90 valence electrons. The average molecular weight is 247 g/mol. The molecule has 7 heteroatoms. The molecule has 0 bridgehead atoms. The normalized spacial score (nSPS) is 14.1. The van der Waals surface area contributed by atoms with Gasteiger partial charge in [0, 0.05) is 26.8 Å². The summed E-state index contributed by atoms with van der Waals surface area (Å²) in [6.07, 6.45) is 1.99. The Bertz CT molecular complexity index is 506. The molecule has 0 aliphatic carbocycles. The molecule has 0 fully saturated rings. The highest BCUT2D eigenvalue weighted by Gasteiger charge is 2.20. The highest BCUT2D eigenvalue weighted by atomic mass is 32.2. The molecular formula is C9H13NO5S. The maximum Gasteiger partial charge on any atom is 0.297 e. The molecule has 0 unspecified atom stereocenters. The first kappa shape index (κ1) is 12.7. The van der Waals surface area contributed by atoms with Gasteiger partial charge < -0.3 is 9.62 Å². The molecule has 1 aromatic rings. The molecule has 0 saturated heterocycles. The van der Waals surface area contributed by atoms with Gasteiger partial charge in [0.2, 0.25) is 6.21 Å².